The Morgan fingerprint density at radius 3 is 0.944 bits per heavy atom. The molecule has 18 heteroatoms. The van der Waals surface area contributed by atoms with Gasteiger partial charge in [0, 0.05) is 19.3 Å². The van der Waals surface area contributed by atoms with Crippen molar-refractivity contribution in [2.75, 3.05) is 39.6 Å². The third-order valence-electron chi connectivity index (χ3n) is 14.0. The van der Waals surface area contributed by atoms with Crippen LogP contribution in [-0.2, 0) is 55.8 Å². The summed E-state index contributed by atoms with van der Waals surface area (Å²) >= 11 is 0. The quantitative estimate of drug-likeness (QED) is 0.0146. The van der Waals surface area contributed by atoms with Crippen molar-refractivity contribution in [3.63, 3.8) is 0 Å². The highest BCUT2D eigenvalue weighted by atomic mass is 31.2. The molecule has 0 bridgehead atoms. The summed E-state index contributed by atoms with van der Waals surface area (Å²) in [5, 5.41) is 20.5. The zero-order valence-electron chi connectivity index (χ0n) is 55.3. The summed E-state index contributed by atoms with van der Waals surface area (Å²) in [6.07, 6.45) is 71.3. The molecule has 0 heterocycles. The summed E-state index contributed by atoms with van der Waals surface area (Å²) < 4.78 is 60.9. The van der Waals surface area contributed by atoms with Gasteiger partial charge in [0.25, 0.3) is 0 Å². The van der Waals surface area contributed by atoms with Crippen molar-refractivity contribution in [3.8, 4) is 0 Å². The van der Waals surface area contributed by atoms with Gasteiger partial charge in [-0.05, 0) is 128 Å². The monoisotopic (exact) mass is 1290 g/mol. The fourth-order valence-corrected chi connectivity index (χ4v) is 10.3. The molecule has 0 rings (SSSR count). The predicted molar refractivity (Wildman–Crippen MR) is 362 cm³/mol. The molecule has 0 aliphatic carbocycles. The number of phosphoric acid groups is 2. The first-order valence-electron chi connectivity index (χ1n) is 34.2. The third-order valence-corrected chi connectivity index (χ3v) is 15.9. The highest BCUT2D eigenvalue weighted by Crippen LogP contribution is 2.45. The zero-order valence-corrected chi connectivity index (χ0v) is 57.1. The third kappa shape index (κ3) is 65.5. The molecule has 89 heavy (non-hydrogen) atoms. The van der Waals surface area contributed by atoms with Crippen molar-refractivity contribution >= 4 is 33.6 Å². The van der Waals surface area contributed by atoms with Crippen LogP contribution in [0.25, 0.3) is 0 Å². The minimum atomic E-state index is -4.93. The molecule has 0 amide bonds. The number of esters is 3. The fourth-order valence-electron chi connectivity index (χ4n) is 8.71. The second-order valence-corrected chi connectivity index (χ2v) is 25.5. The number of carbonyl (C=O) groups excluding carboxylic acids is 3. The van der Waals surface area contributed by atoms with Crippen LogP contribution in [-0.4, -0.2) is 95.9 Å². The Bertz CT molecular complexity index is 2060. The molecule has 0 aromatic heterocycles. The van der Waals surface area contributed by atoms with Gasteiger partial charge in [-0.25, -0.2) is 9.13 Å². The van der Waals surface area contributed by atoms with E-state index in [9.17, 15) is 43.5 Å². The van der Waals surface area contributed by atoms with Gasteiger partial charge < -0.3 is 34.2 Å². The molecule has 16 nitrogen and oxygen atoms in total. The first-order valence-corrected chi connectivity index (χ1v) is 37.2. The van der Waals surface area contributed by atoms with Crippen LogP contribution in [0.4, 0.5) is 0 Å². The van der Waals surface area contributed by atoms with E-state index in [2.05, 4.69) is 130 Å². The van der Waals surface area contributed by atoms with E-state index in [0.29, 0.717) is 19.3 Å². The SMILES string of the molecule is CC/C=C\C/C=C\C/C=C\CCCCCCCCCC(=O)OCC(COP(=O)(O)OCC(O)COP(=O)(O)OCC(O)COC(=O)CCCCCCC/C=C\C/C=C\C/C=C\C/C=C\CCCCC)OC(=O)CCCCCCC/C=C\C/C=C\CCCCC. The Morgan fingerprint density at radius 2 is 0.596 bits per heavy atom. The van der Waals surface area contributed by atoms with Crippen molar-refractivity contribution in [2.24, 2.45) is 0 Å². The first kappa shape index (κ1) is 85.2. The zero-order chi connectivity index (χ0) is 65.3. The number of carbonyl (C=O) groups is 3. The number of allylic oxidation sites excluding steroid dienone is 18. The molecule has 0 saturated heterocycles. The summed E-state index contributed by atoms with van der Waals surface area (Å²) in [4.78, 5) is 58.4. The molecule has 4 N–H and O–H groups in total. The molecular weight excluding hydrogens is 1170 g/mol. The molecular formula is C71H122O16P2. The lowest BCUT2D eigenvalue weighted by Crippen LogP contribution is -2.30. The molecule has 0 saturated carbocycles. The molecule has 0 spiro atoms. The maximum Gasteiger partial charge on any atom is 0.472 e. The number of ether oxygens (including phenoxy) is 3. The minimum absolute atomic E-state index is 0.0840. The lowest BCUT2D eigenvalue weighted by molar-refractivity contribution is -0.161. The Morgan fingerprint density at radius 1 is 0.326 bits per heavy atom. The van der Waals surface area contributed by atoms with Crippen LogP contribution in [0, 0.1) is 0 Å². The molecule has 0 aromatic rings. The highest BCUT2D eigenvalue weighted by molar-refractivity contribution is 7.47. The van der Waals surface area contributed by atoms with Crippen LogP contribution in [0.3, 0.4) is 0 Å². The van der Waals surface area contributed by atoms with Gasteiger partial charge in [0.2, 0.25) is 0 Å². The number of hydrogen-bond acceptors (Lipinski definition) is 14. The van der Waals surface area contributed by atoms with Gasteiger partial charge in [-0.3, -0.25) is 32.5 Å². The van der Waals surface area contributed by atoms with Gasteiger partial charge >= 0.3 is 33.6 Å². The maximum atomic E-state index is 12.9. The number of aliphatic hydroxyl groups excluding tert-OH is 2. The standard InChI is InChI=1S/C71H122O16P2/c1-4-7-10-13-16-19-22-25-28-30-31-32-33-35-38-39-42-45-48-51-54-57-69(74)81-60-66(72)61-83-88(77,78)84-62-67(73)63-85-89(79,80)86-65-68(87-71(76)59-56-53-50-47-44-41-36-27-24-21-18-15-12-9-6-3)64-82-70(75)58-55-52-49-46-43-40-37-34-29-26-23-20-17-14-11-8-5-2/h8,11,16-21,25-29,31-32,35-36,38,66-68,72-73H,4-7,9-10,12-15,22-24,30,33-34,37,39-65H2,1-3H3,(H,77,78)(H,79,80)/b11-8-,19-16-,20-17-,21-18-,28-25-,29-26-,32-31-,36-27-,38-35-. The molecule has 0 aromatic carbocycles. The van der Waals surface area contributed by atoms with E-state index in [-0.39, 0.29) is 19.3 Å². The van der Waals surface area contributed by atoms with Gasteiger partial charge in [-0.15, -0.1) is 0 Å². The normalized spacial score (nSPS) is 14.9. The molecule has 5 unspecified atom stereocenters. The molecule has 0 aliphatic rings. The first-order chi connectivity index (χ1) is 43.2. The topological polar surface area (TPSA) is 231 Å². The van der Waals surface area contributed by atoms with Crippen molar-refractivity contribution in [3.05, 3.63) is 109 Å². The molecule has 0 radical (unpaired) electrons. The minimum Gasteiger partial charge on any atom is -0.463 e. The molecule has 5 atom stereocenters. The van der Waals surface area contributed by atoms with Crippen LogP contribution in [0.5, 0.6) is 0 Å². The van der Waals surface area contributed by atoms with E-state index >= 15 is 0 Å². The summed E-state index contributed by atoms with van der Waals surface area (Å²) in [5.41, 5.74) is 0. The number of unbranched alkanes of at least 4 members (excludes halogenated alkanes) is 23. The van der Waals surface area contributed by atoms with Crippen molar-refractivity contribution in [1.29, 1.82) is 0 Å². The van der Waals surface area contributed by atoms with E-state index in [1.54, 1.807) is 0 Å². The number of hydrogen-bond donors (Lipinski definition) is 4. The van der Waals surface area contributed by atoms with Gasteiger partial charge in [0.15, 0.2) is 6.10 Å². The van der Waals surface area contributed by atoms with Crippen LogP contribution in [0.2, 0.25) is 0 Å². The average molecular weight is 1290 g/mol. The van der Waals surface area contributed by atoms with Crippen molar-refractivity contribution in [2.45, 2.75) is 283 Å². The van der Waals surface area contributed by atoms with E-state index < -0.39 is 91.5 Å². The smallest absolute Gasteiger partial charge is 0.463 e. The fraction of sp³-hybridized carbons (Fsp3) is 0.704. The second kappa shape index (κ2) is 64.3. The van der Waals surface area contributed by atoms with Gasteiger partial charge in [0.05, 0.1) is 26.4 Å². The van der Waals surface area contributed by atoms with Crippen LogP contribution >= 0.6 is 15.6 Å². The lowest BCUT2D eigenvalue weighted by Gasteiger charge is -2.21. The van der Waals surface area contributed by atoms with E-state index in [1.807, 2.05) is 0 Å². The predicted octanol–water partition coefficient (Wildman–Crippen LogP) is 18.9. The second-order valence-electron chi connectivity index (χ2n) is 22.6. The molecule has 0 aliphatic heterocycles. The van der Waals surface area contributed by atoms with Gasteiger partial charge in [-0.1, -0.05) is 226 Å². The Hall–Kier alpha value is -3.79. The van der Waals surface area contributed by atoms with Crippen LogP contribution in [0.15, 0.2) is 109 Å². The molecule has 512 valence electrons. The number of phosphoric ester groups is 2. The van der Waals surface area contributed by atoms with Crippen molar-refractivity contribution in [1.82, 2.24) is 0 Å². The van der Waals surface area contributed by atoms with Crippen LogP contribution < -0.4 is 0 Å². The van der Waals surface area contributed by atoms with Crippen LogP contribution in [0.1, 0.15) is 265 Å². The van der Waals surface area contributed by atoms with Crippen molar-refractivity contribution < 1.29 is 75.8 Å². The van der Waals surface area contributed by atoms with E-state index in [0.717, 1.165) is 161 Å². The Kier molecular flexibility index (Phi) is 61.6. The molecule has 0 fully saturated rings. The Labute approximate surface area is 539 Å². The summed E-state index contributed by atoms with van der Waals surface area (Å²) in [6, 6.07) is 0. The number of rotatable bonds is 64. The summed E-state index contributed by atoms with van der Waals surface area (Å²) in [6.45, 7) is 2.45. The summed E-state index contributed by atoms with van der Waals surface area (Å²) in [7, 11) is -9.79. The summed E-state index contributed by atoms with van der Waals surface area (Å²) in [5.74, 6) is -1.62. The van der Waals surface area contributed by atoms with Gasteiger partial charge in [0.1, 0.15) is 25.4 Å². The van der Waals surface area contributed by atoms with E-state index in [4.69, 9.17) is 32.3 Å². The maximum absolute atomic E-state index is 12.9. The average Bonchev–Trinajstić information content (AvgIpc) is 3.73. The number of aliphatic hydroxyl groups is 2. The van der Waals surface area contributed by atoms with E-state index in [1.165, 1.54) is 44.9 Å². The largest absolute Gasteiger partial charge is 0.472 e. The Balaban J connectivity index is 4.68. The highest BCUT2D eigenvalue weighted by Gasteiger charge is 2.29. The lowest BCUT2D eigenvalue weighted by atomic mass is 10.1. The van der Waals surface area contributed by atoms with Gasteiger partial charge in [-0.2, -0.15) is 0 Å².